The molecule has 1 saturated heterocycles. The first-order valence-corrected chi connectivity index (χ1v) is 7.60. The maximum Gasteiger partial charge on any atom is 0.118 e. The summed E-state index contributed by atoms with van der Waals surface area (Å²) in [4.78, 5) is 2.32. The minimum absolute atomic E-state index is 0.0631. The molecule has 4 nitrogen and oxygen atoms in total. The van der Waals surface area contributed by atoms with Gasteiger partial charge in [-0.2, -0.15) is 0 Å². The molecule has 3 atom stereocenters. The van der Waals surface area contributed by atoms with Crippen LogP contribution in [0.3, 0.4) is 0 Å². The Hall–Kier alpha value is -1.10. The lowest BCUT2D eigenvalue weighted by molar-refractivity contribution is -0.0739. The highest BCUT2D eigenvalue weighted by atomic mass is 16.5. The number of methoxy groups -OCH3 is 2. The summed E-state index contributed by atoms with van der Waals surface area (Å²) in [6, 6.07) is 7.70. The van der Waals surface area contributed by atoms with Crippen LogP contribution in [0.1, 0.15) is 38.4 Å². The second-order valence-corrected chi connectivity index (χ2v) is 6.19. The third-order valence-electron chi connectivity index (χ3n) is 4.67. The molecule has 0 spiro atoms. The van der Waals surface area contributed by atoms with Gasteiger partial charge in [0.15, 0.2) is 0 Å². The number of ether oxygens (including phenoxy) is 2. The molecular weight excluding hydrogens is 266 g/mol. The fourth-order valence-electron chi connectivity index (χ4n) is 3.04. The second kappa shape index (κ2) is 6.77. The highest BCUT2D eigenvalue weighted by molar-refractivity contribution is 5.29. The monoisotopic (exact) mass is 293 g/mol. The lowest BCUT2D eigenvalue weighted by Crippen LogP contribution is -2.51. The van der Waals surface area contributed by atoms with E-state index in [0.29, 0.717) is 0 Å². The quantitative estimate of drug-likeness (QED) is 0.906. The number of rotatable bonds is 5. The van der Waals surface area contributed by atoms with Crippen LogP contribution in [0.2, 0.25) is 0 Å². The Morgan fingerprint density at radius 1 is 1.24 bits per heavy atom. The van der Waals surface area contributed by atoms with Crippen LogP contribution < -0.4 is 4.74 Å². The van der Waals surface area contributed by atoms with Gasteiger partial charge in [-0.05, 0) is 50.9 Å². The van der Waals surface area contributed by atoms with Crippen molar-refractivity contribution in [3.8, 4) is 5.75 Å². The molecule has 1 aromatic rings. The van der Waals surface area contributed by atoms with Gasteiger partial charge in [0.05, 0.1) is 18.8 Å². The summed E-state index contributed by atoms with van der Waals surface area (Å²) in [5, 5.41) is 10.6. The first-order valence-electron chi connectivity index (χ1n) is 7.60. The molecule has 2 rings (SSSR count). The summed E-state index contributed by atoms with van der Waals surface area (Å²) in [6.07, 6.45) is 1.67. The van der Waals surface area contributed by atoms with Crippen molar-refractivity contribution >= 4 is 0 Å². The van der Waals surface area contributed by atoms with E-state index in [9.17, 15) is 5.11 Å². The van der Waals surface area contributed by atoms with E-state index in [2.05, 4.69) is 18.7 Å². The summed E-state index contributed by atoms with van der Waals surface area (Å²) >= 11 is 0. The lowest BCUT2D eigenvalue weighted by Gasteiger charge is -2.43. The van der Waals surface area contributed by atoms with Gasteiger partial charge >= 0.3 is 0 Å². The minimum Gasteiger partial charge on any atom is -0.497 e. The largest absolute Gasteiger partial charge is 0.497 e. The molecule has 21 heavy (non-hydrogen) atoms. The number of piperidine rings is 1. The maximum atomic E-state index is 10.6. The van der Waals surface area contributed by atoms with Crippen LogP contribution in [-0.4, -0.2) is 49.0 Å². The van der Waals surface area contributed by atoms with Crippen LogP contribution in [0.4, 0.5) is 0 Å². The molecule has 1 aliphatic heterocycles. The van der Waals surface area contributed by atoms with E-state index < -0.39 is 6.10 Å². The SMILES string of the molecule is COc1ccc(C(O)C(C)N2CCCC(C)(OC)C2)cc1. The summed E-state index contributed by atoms with van der Waals surface area (Å²) in [6.45, 7) is 6.09. The average molecular weight is 293 g/mol. The maximum absolute atomic E-state index is 10.6. The highest BCUT2D eigenvalue weighted by Gasteiger charge is 2.34. The molecule has 0 amide bonds. The molecule has 3 unspecified atom stereocenters. The Kier molecular flexibility index (Phi) is 5.25. The molecule has 1 aromatic carbocycles. The third kappa shape index (κ3) is 3.76. The molecular formula is C17H27NO3. The molecule has 4 heteroatoms. The average Bonchev–Trinajstić information content (AvgIpc) is 2.53. The van der Waals surface area contributed by atoms with Gasteiger partial charge in [-0.3, -0.25) is 4.90 Å². The van der Waals surface area contributed by atoms with E-state index in [-0.39, 0.29) is 11.6 Å². The van der Waals surface area contributed by atoms with Crippen molar-refractivity contribution in [2.45, 2.75) is 44.4 Å². The zero-order valence-electron chi connectivity index (χ0n) is 13.5. The molecule has 1 fully saturated rings. The van der Waals surface area contributed by atoms with Crippen LogP contribution in [0.15, 0.2) is 24.3 Å². The van der Waals surface area contributed by atoms with Gasteiger partial charge in [0.1, 0.15) is 5.75 Å². The Bertz CT molecular complexity index is 448. The standard InChI is InChI=1S/C17H27NO3/c1-13(18-11-5-10-17(2,12-18)21-4)16(19)14-6-8-15(20-3)9-7-14/h6-9,13,16,19H,5,10-12H2,1-4H3. The number of aliphatic hydroxyl groups excluding tert-OH is 1. The first-order chi connectivity index (χ1) is 9.99. The van der Waals surface area contributed by atoms with E-state index in [1.54, 1.807) is 14.2 Å². The zero-order valence-corrected chi connectivity index (χ0v) is 13.5. The van der Waals surface area contributed by atoms with Gasteiger partial charge in [0.25, 0.3) is 0 Å². The van der Waals surface area contributed by atoms with Crippen LogP contribution in [0.25, 0.3) is 0 Å². The number of likely N-dealkylation sites (tertiary alicyclic amines) is 1. The number of nitrogens with zero attached hydrogens (tertiary/aromatic N) is 1. The van der Waals surface area contributed by atoms with E-state index in [0.717, 1.165) is 37.2 Å². The van der Waals surface area contributed by atoms with E-state index in [1.165, 1.54) is 0 Å². The van der Waals surface area contributed by atoms with Gasteiger partial charge in [0, 0.05) is 19.7 Å². The van der Waals surface area contributed by atoms with Crippen molar-refractivity contribution in [1.29, 1.82) is 0 Å². The van der Waals surface area contributed by atoms with Crippen molar-refractivity contribution in [2.75, 3.05) is 27.3 Å². The molecule has 0 aromatic heterocycles. The molecule has 118 valence electrons. The van der Waals surface area contributed by atoms with Gasteiger partial charge in [-0.25, -0.2) is 0 Å². The topological polar surface area (TPSA) is 41.9 Å². The minimum atomic E-state index is -0.505. The van der Waals surface area contributed by atoms with E-state index in [1.807, 2.05) is 24.3 Å². The van der Waals surface area contributed by atoms with Crippen LogP contribution in [0.5, 0.6) is 5.75 Å². The van der Waals surface area contributed by atoms with Crippen molar-refractivity contribution in [2.24, 2.45) is 0 Å². The molecule has 0 aliphatic carbocycles. The summed E-state index contributed by atoms with van der Waals surface area (Å²) < 4.78 is 10.8. The predicted octanol–water partition coefficient (Wildman–Crippen LogP) is 2.62. The zero-order chi connectivity index (χ0) is 15.5. The lowest BCUT2D eigenvalue weighted by atomic mass is 9.92. The molecule has 0 saturated carbocycles. The number of benzene rings is 1. The van der Waals surface area contributed by atoms with Gasteiger partial charge in [0.2, 0.25) is 0 Å². The fourth-order valence-corrected chi connectivity index (χ4v) is 3.04. The molecule has 0 bridgehead atoms. The van der Waals surface area contributed by atoms with Crippen molar-refractivity contribution in [1.82, 2.24) is 4.90 Å². The number of aliphatic hydroxyl groups is 1. The van der Waals surface area contributed by atoms with E-state index >= 15 is 0 Å². The van der Waals surface area contributed by atoms with E-state index in [4.69, 9.17) is 9.47 Å². The molecule has 1 aliphatic rings. The fraction of sp³-hybridized carbons (Fsp3) is 0.647. The highest BCUT2D eigenvalue weighted by Crippen LogP contribution is 2.29. The Labute approximate surface area is 127 Å². The number of hydrogen-bond donors (Lipinski definition) is 1. The molecule has 1 heterocycles. The predicted molar refractivity (Wildman–Crippen MR) is 83.6 cm³/mol. The third-order valence-corrected chi connectivity index (χ3v) is 4.67. The normalized spacial score (nSPS) is 26.3. The van der Waals surface area contributed by atoms with Crippen molar-refractivity contribution in [3.05, 3.63) is 29.8 Å². The van der Waals surface area contributed by atoms with Gasteiger partial charge in [-0.15, -0.1) is 0 Å². The first kappa shape index (κ1) is 16.3. The summed E-state index contributed by atoms with van der Waals surface area (Å²) in [5.41, 5.74) is 0.819. The smallest absolute Gasteiger partial charge is 0.118 e. The second-order valence-electron chi connectivity index (χ2n) is 6.19. The van der Waals surface area contributed by atoms with Crippen LogP contribution >= 0.6 is 0 Å². The van der Waals surface area contributed by atoms with Crippen LogP contribution in [0, 0.1) is 0 Å². The molecule has 1 N–H and O–H groups in total. The van der Waals surface area contributed by atoms with Gasteiger partial charge in [-0.1, -0.05) is 12.1 Å². The Balaban J connectivity index is 2.05. The number of hydrogen-bond acceptors (Lipinski definition) is 4. The summed E-state index contributed by atoms with van der Waals surface area (Å²) in [5.74, 6) is 0.809. The van der Waals surface area contributed by atoms with Crippen molar-refractivity contribution < 1.29 is 14.6 Å². The van der Waals surface area contributed by atoms with Crippen LogP contribution in [-0.2, 0) is 4.74 Å². The molecule has 0 radical (unpaired) electrons. The Morgan fingerprint density at radius 2 is 1.90 bits per heavy atom. The van der Waals surface area contributed by atoms with Gasteiger partial charge < -0.3 is 14.6 Å². The Morgan fingerprint density at radius 3 is 2.48 bits per heavy atom. The van der Waals surface area contributed by atoms with Crippen molar-refractivity contribution in [3.63, 3.8) is 0 Å². The summed E-state index contributed by atoms with van der Waals surface area (Å²) in [7, 11) is 3.42.